The highest BCUT2D eigenvalue weighted by Gasteiger charge is 2.23. The Morgan fingerprint density at radius 3 is 2.41 bits per heavy atom. The van der Waals surface area contributed by atoms with E-state index in [9.17, 15) is 9.90 Å². The average Bonchev–Trinajstić information content (AvgIpc) is 2.65. The summed E-state index contributed by atoms with van der Waals surface area (Å²) in [6, 6.07) is 1.71. The molecule has 1 aromatic heterocycles. The molecule has 0 atom stereocenters. The van der Waals surface area contributed by atoms with Crippen molar-refractivity contribution in [3.8, 4) is 0 Å². The molecular weight excluding hydrogens is 218 g/mol. The molecular formula is C13H21NO3. The highest BCUT2D eigenvalue weighted by molar-refractivity contribution is 5.95. The van der Waals surface area contributed by atoms with Crippen LogP contribution in [-0.4, -0.2) is 23.2 Å². The van der Waals surface area contributed by atoms with E-state index in [4.69, 9.17) is 4.42 Å². The lowest BCUT2D eigenvalue weighted by atomic mass is 9.97. The Morgan fingerprint density at radius 2 is 2.00 bits per heavy atom. The summed E-state index contributed by atoms with van der Waals surface area (Å²) in [4.78, 5) is 11.9. The van der Waals surface area contributed by atoms with Crippen molar-refractivity contribution >= 4 is 5.91 Å². The van der Waals surface area contributed by atoms with Gasteiger partial charge in [-0.15, -0.1) is 0 Å². The van der Waals surface area contributed by atoms with Crippen molar-refractivity contribution in [2.45, 2.75) is 46.1 Å². The maximum Gasteiger partial charge on any atom is 0.254 e. The summed E-state index contributed by atoms with van der Waals surface area (Å²) in [5.41, 5.74) is -0.278. The lowest BCUT2D eigenvalue weighted by molar-refractivity contribution is 0.0313. The van der Waals surface area contributed by atoms with Crippen LogP contribution in [-0.2, 0) is 0 Å². The third kappa shape index (κ3) is 3.33. The zero-order chi connectivity index (χ0) is 13.1. The van der Waals surface area contributed by atoms with Gasteiger partial charge in [0.05, 0.1) is 11.2 Å². The van der Waals surface area contributed by atoms with Gasteiger partial charge in [0.2, 0.25) is 0 Å². The van der Waals surface area contributed by atoms with Gasteiger partial charge >= 0.3 is 0 Å². The van der Waals surface area contributed by atoms with Gasteiger partial charge in [0.15, 0.2) is 0 Å². The van der Waals surface area contributed by atoms with E-state index in [-0.39, 0.29) is 12.5 Å². The molecule has 1 amide bonds. The van der Waals surface area contributed by atoms with E-state index in [2.05, 4.69) is 5.32 Å². The number of nitrogens with one attached hydrogen (secondary N) is 1. The first-order valence-electron chi connectivity index (χ1n) is 5.99. The van der Waals surface area contributed by atoms with E-state index in [1.54, 1.807) is 19.9 Å². The summed E-state index contributed by atoms with van der Waals surface area (Å²) in [7, 11) is 0. The molecule has 0 aliphatic carbocycles. The van der Waals surface area contributed by atoms with Crippen LogP contribution in [0.1, 0.15) is 48.6 Å². The van der Waals surface area contributed by atoms with Crippen LogP contribution < -0.4 is 5.32 Å². The Hall–Kier alpha value is -1.29. The minimum absolute atomic E-state index is 0.195. The lowest BCUT2D eigenvalue weighted by Crippen LogP contribution is -2.42. The number of hydrogen-bond acceptors (Lipinski definition) is 3. The van der Waals surface area contributed by atoms with Crippen LogP contribution in [0.4, 0.5) is 0 Å². The van der Waals surface area contributed by atoms with E-state index in [0.29, 0.717) is 29.9 Å². The van der Waals surface area contributed by atoms with Crippen LogP contribution in [0, 0.1) is 13.8 Å². The highest BCUT2D eigenvalue weighted by atomic mass is 16.3. The van der Waals surface area contributed by atoms with Crippen LogP contribution in [0.15, 0.2) is 10.5 Å². The fraction of sp³-hybridized carbons (Fsp3) is 0.615. The Morgan fingerprint density at radius 1 is 1.41 bits per heavy atom. The normalized spacial score (nSPS) is 11.6. The van der Waals surface area contributed by atoms with Gasteiger partial charge in [-0.05, 0) is 32.8 Å². The summed E-state index contributed by atoms with van der Waals surface area (Å²) in [6.45, 7) is 7.64. The maximum absolute atomic E-state index is 11.9. The smallest absolute Gasteiger partial charge is 0.254 e. The van der Waals surface area contributed by atoms with Crippen LogP contribution in [0.5, 0.6) is 0 Å². The topological polar surface area (TPSA) is 62.5 Å². The van der Waals surface area contributed by atoms with Crippen LogP contribution in [0.25, 0.3) is 0 Å². The Kier molecular flexibility index (Phi) is 4.34. The molecule has 2 N–H and O–H groups in total. The second-order valence-corrected chi connectivity index (χ2v) is 4.44. The van der Waals surface area contributed by atoms with Gasteiger partial charge in [0.1, 0.15) is 11.5 Å². The third-order valence-corrected chi connectivity index (χ3v) is 3.18. The number of carbonyl (C=O) groups excluding carboxylic acids is 1. The van der Waals surface area contributed by atoms with E-state index >= 15 is 0 Å². The quantitative estimate of drug-likeness (QED) is 0.827. The van der Waals surface area contributed by atoms with Gasteiger partial charge in [-0.1, -0.05) is 13.8 Å². The van der Waals surface area contributed by atoms with Gasteiger partial charge in [0, 0.05) is 6.54 Å². The predicted octanol–water partition coefficient (Wildman–Crippen LogP) is 2.18. The first kappa shape index (κ1) is 13.8. The molecule has 0 aliphatic rings. The molecule has 0 saturated heterocycles. The summed E-state index contributed by atoms with van der Waals surface area (Å²) in [5, 5.41) is 12.8. The van der Waals surface area contributed by atoms with E-state index in [1.165, 1.54) is 0 Å². The van der Waals surface area contributed by atoms with Crippen molar-refractivity contribution in [1.29, 1.82) is 0 Å². The number of amides is 1. The molecule has 96 valence electrons. The molecule has 0 spiro atoms. The standard InChI is InChI=1S/C13H21NO3/c1-5-13(16,6-2)8-14-12(15)11-7-9(3)17-10(11)4/h7,16H,5-6,8H2,1-4H3,(H,14,15). The molecule has 1 aromatic rings. The number of hydrogen-bond donors (Lipinski definition) is 2. The maximum atomic E-state index is 11.9. The highest BCUT2D eigenvalue weighted by Crippen LogP contribution is 2.15. The van der Waals surface area contributed by atoms with Crippen LogP contribution >= 0.6 is 0 Å². The Labute approximate surface area is 102 Å². The summed E-state index contributed by atoms with van der Waals surface area (Å²) >= 11 is 0. The second-order valence-electron chi connectivity index (χ2n) is 4.44. The minimum Gasteiger partial charge on any atom is -0.466 e. The van der Waals surface area contributed by atoms with Crippen LogP contribution in [0.2, 0.25) is 0 Å². The van der Waals surface area contributed by atoms with Crippen molar-refractivity contribution in [3.63, 3.8) is 0 Å². The monoisotopic (exact) mass is 239 g/mol. The number of rotatable bonds is 5. The molecule has 4 heteroatoms. The lowest BCUT2D eigenvalue weighted by Gasteiger charge is -2.25. The SMILES string of the molecule is CCC(O)(CC)CNC(=O)c1cc(C)oc1C. The third-order valence-electron chi connectivity index (χ3n) is 3.18. The van der Waals surface area contributed by atoms with E-state index in [1.807, 2.05) is 13.8 Å². The second kappa shape index (κ2) is 5.36. The number of aryl methyl sites for hydroxylation is 2. The molecule has 0 saturated carbocycles. The first-order valence-corrected chi connectivity index (χ1v) is 5.99. The molecule has 0 fully saturated rings. The molecule has 0 aliphatic heterocycles. The Balaban J connectivity index is 2.65. The zero-order valence-corrected chi connectivity index (χ0v) is 11.0. The van der Waals surface area contributed by atoms with Crippen molar-refractivity contribution in [2.24, 2.45) is 0 Å². The molecule has 0 bridgehead atoms. The van der Waals surface area contributed by atoms with Crippen LogP contribution in [0.3, 0.4) is 0 Å². The molecule has 1 heterocycles. The summed E-state index contributed by atoms with van der Waals surface area (Å²) in [6.07, 6.45) is 1.24. The fourth-order valence-electron chi connectivity index (χ4n) is 1.70. The molecule has 4 nitrogen and oxygen atoms in total. The fourth-order valence-corrected chi connectivity index (χ4v) is 1.70. The van der Waals surface area contributed by atoms with Gasteiger partial charge < -0.3 is 14.8 Å². The zero-order valence-electron chi connectivity index (χ0n) is 11.0. The first-order chi connectivity index (χ1) is 7.91. The molecule has 17 heavy (non-hydrogen) atoms. The number of aliphatic hydroxyl groups is 1. The summed E-state index contributed by atoms with van der Waals surface area (Å²) < 4.78 is 5.30. The average molecular weight is 239 g/mol. The van der Waals surface area contributed by atoms with Crippen molar-refractivity contribution in [3.05, 3.63) is 23.2 Å². The van der Waals surface area contributed by atoms with Gasteiger partial charge in [-0.25, -0.2) is 0 Å². The minimum atomic E-state index is -0.817. The van der Waals surface area contributed by atoms with E-state index < -0.39 is 5.60 Å². The molecule has 1 rings (SSSR count). The Bertz CT molecular complexity index is 391. The van der Waals surface area contributed by atoms with Gasteiger partial charge in [0.25, 0.3) is 5.91 Å². The van der Waals surface area contributed by atoms with Gasteiger partial charge in [-0.3, -0.25) is 4.79 Å². The van der Waals surface area contributed by atoms with E-state index in [0.717, 1.165) is 0 Å². The number of furan rings is 1. The largest absolute Gasteiger partial charge is 0.466 e. The van der Waals surface area contributed by atoms with Crippen molar-refractivity contribution in [2.75, 3.05) is 6.54 Å². The molecule has 0 unspecified atom stereocenters. The summed E-state index contributed by atoms with van der Waals surface area (Å²) in [5.74, 6) is 1.13. The number of carbonyl (C=O) groups is 1. The van der Waals surface area contributed by atoms with Crippen molar-refractivity contribution in [1.82, 2.24) is 5.32 Å². The molecule has 0 aromatic carbocycles. The van der Waals surface area contributed by atoms with Gasteiger partial charge in [-0.2, -0.15) is 0 Å². The molecule has 0 radical (unpaired) electrons. The predicted molar refractivity (Wildman–Crippen MR) is 66.0 cm³/mol. The van der Waals surface area contributed by atoms with Crippen molar-refractivity contribution < 1.29 is 14.3 Å².